The first-order valence-electron chi connectivity index (χ1n) is 6.99. The molecule has 4 nitrogen and oxygen atoms in total. The van der Waals surface area contributed by atoms with Crippen LogP contribution in [0.25, 0.3) is 0 Å². The van der Waals surface area contributed by atoms with E-state index in [4.69, 9.17) is 4.52 Å². The van der Waals surface area contributed by atoms with Crippen molar-refractivity contribution in [1.29, 1.82) is 0 Å². The minimum Gasteiger partial charge on any atom is -0.361 e. The second kappa shape index (κ2) is 5.49. The van der Waals surface area contributed by atoms with Gasteiger partial charge in [-0.2, -0.15) is 0 Å². The van der Waals surface area contributed by atoms with E-state index >= 15 is 0 Å². The van der Waals surface area contributed by atoms with Crippen LogP contribution in [0, 0.1) is 6.92 Å². The molecule has 0 aliphatic carbocycles. The lowest BCUT2D eigenvalue weighted by molar-refractivity contribution is -0.132. The van der Waals surface area contributed by atoms with E-state index in [0.29, 0.717) is 13.0 Å². The Balaban J connectivity index is 1.59. The second-order valence-corrected chi connectivity index (χ2v) is 5.27. The molecule has 4 heteroatoms. The third-order valence-electron chi connectivity index (χ3n) is 3.92. The van der Waals surface area contributed by atoms with Crippen LogP contribution in [-0.4, -0.2) is 22.5 Å². The zero-order chi connectivity index (χ0) is 13.9. The molecule has 1 amide bonds. The Labute approximate surface area is 118 Å². The summed E-state index contributed by atoms with van der Waals surface area (Å²) in [6.07, 6.45) is 3.85. The number of hydrogen-bond donors (Lipinski definition) is 0. The molecule has 1 aliphatic heterocycles. The van der Waals surface area contributed by atoms with E-state index in [1.807, 2.05) is 17.0 Å². The Morgan fingerprint density at radius 1 is 1.40 bits per heavy atom. The number of nitrogens with zero attached hydrogens (tertiary/aromatic N) is 2. The van der Waals surface area contributed by atoms with Crippen LogP contribution in [0.1, 0.15) is 28.9 Å². The summed E-state index contributed by atoms with van der Waals surface area (Å²) in [5.41, 5.74) is 3.55. The molecule has 1 aromatic heterocycles. The first kappa shape index (κ1) is 12.9. The van der Waals surface area contributed by atoms with Gasteiger partial charge < -0.3 is 9.42 Å². The summed E-state index contributed by atoms with van der Waals surface area (Å²) in [5.74, 6) is 1.13. The fourth-order valence-corrected chi connectivity index (χ4v) is 2.64. The highest BCUT2D eigenvalue weighted by Crippen LogP contribution is 2.19. The molecule has 20 heavy (non-hydrogen) atoms. The van der Waals surface area contributed by atoms with E-state index in [-0.39, 0.29) is 5.91 Å². The molecule has 0 radical (unpaired) electrons. The van der Waals surface area contributed by atoms with Crippen LogP contribution >= 0.6 is 0 Å². The maximum atomic E-state index is 12.3. The predicted molar refractivity (Wildman–Crippen MR) is 75.1 cm³/mol. The smallest absolute Gasteiger partial charge is 0.223 e. The summed E-state index contributed by atoms with van der Waals surface area (Å²) in [5, 5.41) is 3.79. The van der Waals surface area contributed by atoms with Gasteiger partial charge in [0.25, 0.3) is 0 Å². The van der Waals surface area contributed by atoms with Crippen molar-refractivity contribution in [1.82, 2.24) is 10.1 Å². The Morgan fingerprint density at radius 2 is 2.25 bits per heavy atom. The van der Waals surface area contributed by atoms with E-state index in [1.54, 1.807) is 6.20 Å². The zero-order valence-electron chi connectivity index (χ0n) is 11.6. The first-order valence-corrected chi connectivity index (χ1v) is 6.99. The number of fused-ring (bicyclic) bond motifs is 1. The number of aromatic nitrogens is 1. The van der Waals surface area contributed by atoms with E-state index in [1.165, 1.54) is 11.1 Å². The molecule has 0 saturated carbocycles. The summed E-state index contributed by atoms with van der Waals surface area (Å²) in [4.78, 5) is 14.2. The first-order chi connectivity index (χ1) is 9.74. The molecule has 2 heterocycles. The second-order valence-electron chi connectivity index (χ2n) is 5.27. The van der Waals surface area contributed by atoms with Crippen LogP contribution in [0.4, 0.5) is 0 Å². The van der Waals surface area contributed by atoms with Gasteiger partial charge in [-0.1, -0.05) is 29.4 Å². The third-order valence-corrected chi connectivity index (χ3v) is 3.92. The monoisotopic (exact) mass is 270 g/mol. The topological polar surface area (TPSA) is 46.3 Å². The quantitative estimate of drug-likeness (QED) is 0.861. The molecule has 0 fully saturated rings. The van der Waals surface area contributed by atoms with Crippen molar-refractivity contribution >= 4 is 5.91 Å². The van der Waals surface area contributed by atoms with E-state index in [0.717, 1.165) is 30.7 Å². The van der Waals surface area contributed by atoms with Crippen LogP contribution in [0.15, 0.2) is 35.0 Å². The molecule has 0 saturated heterocycles. The van der Waals surface area contributed by atoms with Gasteiger partial charge in [0.15, 0.2) is 0 Å². The van der Waals surface area contributed by atoms with Crippen LogP contribution in [0.2, 0.25) is 0 Å². The lowest BCUT2D eigenvalue weighted by Gasteiger charge is -2.25. The molecule has 1 aliphatic rings. The van der Waals surface area contributed by atoms with Crippen molar-refractivity contribution < 1.29 is 9.32 Å². The molecule has 0 spiro atoms. The SMILES string of the molecule is Cc1ccccc1CCC(=O)N1CCc2oncc2C1. The van der Waals surface area contributed by atoms with Crippen LogP contribution in [-0.2, 0) is 24.2 Å². The molecule has 2 aromatic rings. The summed E-state index contributed by atoms with van der Waals surface area (Å²) in [7, 11) is 0. The van der Waals surface area contributed by atoms with Crippen molar-refractivity contribution in [3.63, 3.8) is 0 Å². The van der Waals surface area contributed by atoms with Crippen molar-refractivity contribution in [2.75, 3.05) is 6.54 Å². The lowest BCUT2D eigenvalue weighted by atomic mass is 10.0. The minimum absolute atomic E-state index is 0.208. The van der Waals surface area contributed by atoms with Crippen molar-refractivity contribution in [2.45, 2.75) is 32.7 Å². The van der Waals surface area contributed by atoms with Crippen molar-refractivity contribution in [3.05, 3.63) is 52.9 Å². The average Bonchev–Trinajstić information content (AvgIpc) is 2.93. The van der Waals surface area contributed by atoms with Gasteiger partial charge in [-0.3, -0.25) is 4.79 Å². The third kappa shape index (κ3) is 2.59. The normalized spacial score (nSPS) is 14.2. The zero-order valence-corrected chi connectivity index (χ0v) is 11.6. The molecule has 0 N–H and O–H groups in total. The highest BCUT2D eigenvalue weighted by Gasteiger charge is 2.23. The molecule has 1 aromatic carbocycles. The predicted octanol–water partition coefficient (Wildman–Crippen LogP) is 2.50. The van der Waals surface area contributed by atoms with Gasteiger partial charge in [-0.15, -0.1) is 0 Å². The molecular formula is C16H18N2O2. The van der Waals surface area contributed by atoms with E-state index in [9.17, 15) is 4.79 Å². The van der Waals surface area contributed by atoms with Gasteiger partial charge >= 0.3 is 0 Å². The number of carbonyl (C=O) groups excluding carboxylic acids is 1. The molecule has 0 atom stereocenters. The fourth-order valence-electron chi connectivity index (χ4n) is 2.64. The molecule has 104 valence electrons. The van der Waals surface area contributed by atoms with Crippen molar-refractivity contribution in [2.24, 2.45) is 0 Å². The van der Waals surface area contributed by atoms with Gasteiger partial charge in [-0.05, 0) is 24.5 Å². The lowest BCUT2D eigenvalue weighted by Crippen LogP contribution is -2.35. The van der Waals surface area contributed by atoms with Gasteiger partial charge in [0.05, 0.1) is 12.7 Å². The number of aryl methyl sites for hydroxylation is 2. The van der Waals surface area contributed by atoms with Gasteiger partial charge in [0, 0.05) is 24.9 Å². The Kier molecular flexibility index (Phi) is 3.54. The summed E-state index contributed by atoms with van der Waals surface area (Å²) >= 11 is 0. The van der Waals surface area contributed by atoms with Crippen LogP contribution in [0.3, 0.4) is 0 Å². The molecule has 0 unspecified atom stereocenters. The van der Waals surface area contributed by atoms with Gasteiger partial charge in [0.2, 0.25) is 5.91 Å². The van der Waals surface area contributed by atoms with E-state index < -0.39 is 0 Å². The number of benzene rings is 1. The largest absolute Gasteiger partial charge is 0.361 e. The van der Waals surface area contributed by atoms with Crippen LogP contribution < -0.4 is 0 Å². The maximum absolute atomic E-state index is 12.3. The fraction of sp³-hybridized carbons (Fsp3) is 0.375. The molecule has 3 rings (SSSR count). The van der Waals surface area contributed by atoms with E-state index in [2.05, 4.69) is 24.2 Å². The number of carbonyl (C=O) groups is 1. The van der Waals surface area contributed by atoms with Crippen molar-refractivity contribution in [3.8, 4) is 0 Å². The Bertz CT molecular complexity index is 618. The van der Waals surface area contributed by atoms with Gasteiger partial charge in [-0.25, -0.2) is 0 Å². The molecular weight excluding hydrogens is 252 g/mol. The Hall–Kier alpha value is -2.10. The molecule has 0 bridgehead atoms. The summed E-state index contributed by atoms with van der Waals surface area (Å²) in [6.45, 7) is 3.45. The average molecular weight is 270 g/mol. The Morgan fingerprint density at radius 3 is 3.10 bits per heavy atom. The number of amides is 1. The van der Waals surface area contributed by atoms with Gasteiger partial charge in [0.1, 0.15) is 5.76 Å². The standard InChI is InChI=1S/C16H18N2O2/c1-12-4-2-3-5-13(12)6-7-16(19)18-9-8-15-14(11-18)10-17-20-15/h2-5,10H,6-9,11H2,1H3. The summed E-state index contributed by atoms with van der Waals surface area (Å²) < 4.78 is 5.14. The minimum atomic E-state index is 0.208. The summed E-state index contributed by atoms with van der Waals surface area (Å²) in [6, 6.07) is 8.23. The highest BCUT2D eigenvalue weighted by molar-refractivity contribution is 5.76. The number of hydrogen-bond acceptors (Lipinski definition) is 3. The highest BCUT2D eigenvalue weighted by atomic mass is 16.5. The maximum Gasteiger partial charge on any atom is 0.223 e. The van der Waals surface area contributed by atoms with Crippen LogP contribution in [0.5, 0.6) is 0 Å². The number of rotatable bonds is 3.